The molecule has 1 N–H and O–H groups in total. The second kappa shape index (κ2) is 7.06. The largest absolute Gasteiger partial charge is 0.448 e. The average Bonchev–Trinajstić information content (AvgIpc) is 2.82. The molecule has 1 aromatic rings. The van der Waals surface area contributed by atoms with E-state index in [-0.39, 0.29) is 6.09 Å². The SMILES string of the molecule is CN(CCN1CCOC1=O)CC(O)c1ccccc1Br. The zero-order chi connectivity index (χ0) is 14.5. The number of hydrogen-bond donors (Lipinski definition) is 1. The molecule has 110 valence electrons. The van der Waals surface area contributed by atoms with Crippen molar-refractivity contribution < 1.29 is 14.6 Å². The van der Waals surface area contributed by atoms with Crippen molar-refractivity contribution >= 4 is 22.0 Å². The molecule has 0 spiro atoms. The summed E-state index contributed by atoms with van der Waals surface area (Å²) in [5, 5.41) is 10.2. The third kappa shape index (κ3) is 3.94. The molecule has 1 aromatic carbocycles. The number of aliphatic hydroxyl groups excluding tert-OH is 1. The molecule has 2 rings (SSSR count). The van der Waals surface area contributed by atoms with E-state index in [2.05, 4.69) is 15.9 Å². The predicted octanol–water partition coefficient (Wildman–Crippen LogP) is 1.87. The molecular formula is C14H19BrN2O3. The average molecular weight is 343 g/mol. The van der Waals surface area contributed by atoms with Crippen molar-refractivity contribution in [2.24, 2.45) is 0 Å². The van der Waals surface area contributed by atoms with Crippen LogP contribution in [0.1, 0.15) is 11.7 Å². The Kier molecular flexibility index (Phi) is 5.39. The molecule has 20 heavy (non-hydrogen) atoms. The highest BCUT2D eigenvalue weighted by Crippen LogP contribution is 2.23. The van der Waals surface area contributed by atoms with Crippen molar-refractivity contribution in [1.82, 2.24) is 9.80 Å². The van der Waals surface area contributed by atoms with Gasteiger partial charge in [0.25, 0.3) is 0 Å². The van der Waals surface area contributed by atoms with Crippen molar-refractivity contribution in [3.05, 3.63) is 34.3 Å². The van der Waals surface area contributed by atoms with Gasteiger partial charge in [-0.05, 0) is 18.7 Å². The Labute approximate surface area is 127 Å². The molecule has 1 aliphatic rings. The maximum Gasteiger partial charge on any atom is 0.409 e. The third-order valence-electron chi connectivity index (χ3n) is 3.35. The number of benzene rings is 1. The zero-order valence-corrected chi connectivity index (χ0v) is 13.0. The molecule has 0 bridgehead atoms. The minimum Gasteiger partial charge on any atom is -0.448 e. The van der Waals surface area contributed by atoms with Gasteiger partial charge in [0.1, 0.15) is 6.61 Å². The number of cyclic esters (lactones) is 1. The van der Waals surface area contributed by atoms with Crippen LogP contribution in [0.4, 0.5) is 4.79 Å². The van der Waals surface area contributed by atoms with E-state index in [0.717, 1.165) is 10.0 Å². The second-order valence-electron chi connectivity index (χ2n) is 4.90. The van der Waals surface area contributed by atoms with E-state index in [1.807, 2.05) is 36.2 Å². The van der Waals surface area contributed by atoms with E-state index in [0.29, 0.717) is 32.8 Å². The maximum absolute atomic E-state index is 11.3. The summed E-state index contributed by atoms with van der Waals surface area (Å²) in [7, 11) is 1.93. The molecule has 0 aliphatic carbocycles. The number of halogens is 1. The Morgan fingerprint density at radius 2 is 2.25 bits per heavy atom. The summed E-state index contributed by atoms with van der Waals surface area (Å²) in [6.45, 7) is 2.97. The van der Waals surface area contributed by atoms with Crippen LogP contribution in [0.2, 0.25) is 0 Å². The summed E-state index contributed by atoms with van der Waals surface area (Å²) < 4.78 is 5.78. The number of ether oxygens (including phenoxy) is 1. The molecule has 1 saturated heterocycles. The van der Waals surface area contributed by atoms with Gasteiger partial charge in [0.2, 0.25) is 0 Å². The number of rotatable bonds is 6. The number of carbonyl (C=O) groups is 1. The van der Waals surface area contributed by atoms with Crippen LogP contribution < -0.4 is 0 Å². The van der Waals surface area contributed by atoms with E-state index in [1.54, 1.807) is 4.90 Å². The van der Waals surface area contributed by atoms with Crippen LogP contribution in [0.25, 0.3) is 0 Å². The van der Waals surface area contributed by atoms with E-state index in [9.17, 15) is 9.90 Å². The van der Waals surface area contributed by atoms with E-state index in [1.165, 1.54) is 0 Å². The van der Waals surface area contributed by atoms with Gasteiger partial charge in [-0.25, -0.2) is 4.79 Å². The summed E-state index contributed by atoms with van der Waals surface area (Å²) >= 11 is 3.44. The minimum absolute atomic E-state index is 0.246. The molecule has 0 saturated carbocycles. The molecule has 1 aliphatic heterocycles. The predicted molar refractivity (Wildman–Crippen MR) is 79.5 cm³/mol. The first-order valence-corrected chi connectivity index (χ1v) is 7.40. The van der Waals surface area contributed by atoms with Gasteiger partial charge in [-0.3, -0.25) is 0 Å². The number of nitrogens with zero attached hydrogens (tertiary/aromatic N) is 2. The van der Waals surface area contributed by atoms with Gasteiger partial charge < -0.3 is 19.6 Å². The maximum atomic E-state index is 11.3. The lowest BCUT2D eigenvalue weighted by Gasteiger charge is -2.23. The Morgan fingerprint density at radius 1 is 1.50 bits per heavy atom. The minimum atomic E-state index is -0.555. The molecule has 0 aromatic heterocycles. The number of hydrogen-bond acceptors (Lipinski definition) is 4. The number of amides is 1. The Morgan fingerprint density at radius 3 is 2.90 bits per heavy atom. The molecule has 6 heteroatoms. The first-order chi connectivity index (χ1) is 9.58. The van der Waals surface area contributed by atoms with Crippen LogP contribution in [0.15, 0.2) is 28.7 Å². The fraction of sp³-hybridized carbons (Fsp3) is 0.500. The van der Waals surface area contributed by atoms with Gasteiger partial charge in [-0.15, -0.1) is 0 Å². The van der Waals surface area contributed by atoms with Gasteiger partial charge in [-0.1, -0.05) is 34.1 Å². The molecular weight excluding hydrogens is 324 g/mol. The summed E-state index contributed by atoms with van der Waals surface area (Å²) in [5.41, 5.74) is 0.875. The molecule has 0 radical (unpaired) electrons. The van der Waals surface area contributed by atoms with E-state index in [4.69, 9.17) is 4.74 Å². The van der Waals surface area contributed by atoms with Crippen LogP contribution in [-0.4, -0.2) is 60.8 Å². The van der Waals surface area contributed by atoms with E-state index < -0.39 is 6.10 Å². The molecule has 1 heterocycles. The smallest absolute Gasteiger partial charge is 0.409 e. The van der Waals surface area contributed by atoms with Gasteiger partial charge in [0.05, 0.1) is 12.6 Å². The van der Waals surface area contributed by atoms with Gasteiger partial charge in [-0.2, -0.15) is 0 Å². The van der Waals surface area contributed by atoms with E-state index >= 15 is 0 Å². The fourth-order valence-corrected chi connectivity index (χ4v) is 2.70. The van der Waals surface area contributed by atoms with Gasteiger partial charge >= 0.3 is 6.09 Å². The quantitative estimate of drug-likeness (QED) is 0.857. The Bertz CT molecular complexity index is 469. The van der Waals surface area contributed by atoms with Gasteiger partial charge in [0, 0.05) is 24.1 Å². The highest BCUT2D eigenvalue weighted by atomic mass is 79.9. The topological polar surface area (TPSA) is 53.0 Å². The normalized spacial score (nSPS) is 16.6. The first kappa shape index (κ1) is 15.3. The Balaban J connectivity index is 1.80. The van der Waals surface area contributed by atoms with Crippen LogP contribution in [0.5, 0.6) is 0 Å². The van der Waals surface area contributed by atoms with Gasteiger partial charge in [0.15, 0.2) is 0 Å². The number of aliphatic hydroxyl groups is 1. The van der Waals surface area contributed by atoms with Crippen molar-refractivity contribution in [2.45, 2.75) is 6.10 Å². The molecule has 1 unspecified atom stereocenters. The standard InChI is InChI=1S/C14H19BrN2O3/c1-16(6-7-17-8-9-20-14(17)19)10-13(18)11-4-2-3-5-12(11)15/h2-5,13,18H,6-10H2,1H3. The monoisotopic (exact) mass is 342 g/mol. The summed E-state index contributed by atoms with van der Waals surface area (Å²) in [4.78, 5) is 15.0. The van der Waals surface area contributed by atoms with Crippen LogP contribution >= 0.6 is 15.9 Å². The zero-order valence-electron chi connectivity index (χ0n) is 11.5. The lowest BCUT2D eigenvalue weighted by Crippen LogP contribution is -2.35. The molecule has 1 amide bonds. The summed E-state index contributed by atoms with van der Waals surface area (Å²) in [6, 6.07) is 7.64. The van der Waals surface area contributed by atoms with Crippen molar-refractivity contribution in [3.63, 3.8) is 0 Å². The first-order valence-electron chi connectivity index (χ1n) is 6.60. The molecule has 1 fully saturated rings. The number of likely N-dealkylation sites (N-methyl/N-ethyl adjacent to an activating group) is 1. The highest BCUT2D eigenvalue weighted by Gasteiger charge is 2.22. The summed E-state index contributed by atoms with van der Waals surface area (Å²) in [5.74, 6) is 0. The highest BCUT2D eigenvalue weighted by molar-refractivity contribution is 9.10. The third-order valence-corrected chi connectivity index (χ3v) is 4.07. The van der Waals surface area contributed by atoms with Crippen LogP contribution in [-0.2, 0) is 4.74 Å². The van der Waals surface area contributed by atoms with Crippen molar-refractivity contribution in [3.8, 4) is 0 Å². The van der Waals surface area contributed by atoms with Crippen molar-refractivity contribution in [1.29, 1.82) is 0 Å². The van der Waals surface area contributed by atoms with Crippen LogP contribution in [0.3, 0.4) is 0 Å². The van der Waals surface area contributed by atoms with Crippen molar-refractivity contribution in [2.75, 3.05) is 39.8 Å². The van der Waals surface area contributed by atoms with Crippen LogP contribution in [0, 0.1) is 0 Å². The lowest BCUT2D eigenvalue weighted by molar-refractivity contribution is 0.119. The number of carbonyl (C=O) groups excluding carboxylic acids is 1. The molecule has 1 atom stereocenters. The lowest BCUT2D eigenvalue weighted by atomic mass is 10.1. The molecule has 5 nitrogen and oxygen atoms in total. The fourth-order valence-electron chi connectivity index (χ4n) is 2.15. The summed E-state index contributed by atoms with van der Waals surface area (Å²) in [6.07, 6.45) is -0.800. The second-order valence-corrected chi connectivity index (χ2v) is 5.76. The Hall–Kier alpha value is -1.11.